The lowest BCUT2D eigenvalue weighted by molar-refractivity contribution is -0.114. The molecule has 0 heterocycles. The van der Waals surface area contributed by atoms with Crippen LogP contribution in [0.5, 0.6) is 11.5 Å². The number of hydrogen-bond acceptors (Lipinski definition) is 4. The van der Waals surface area contributed by atoms with Crippen LogP contribution < -0.4 is 15.8 Å². The van der Waals surface area contributed by atoms with Crippen molar-refractivity contribution in [1.82, 2.24) is 5.32 Å². The lowest BCUT2D eigenvalue weighted by Crippen LogP contribution is -2.31. The van der Waals surface area contributed by atoms with Gasteiger partial charge in [0.25, 0.3) is 5.91 Å². The van der Waals surface area contributed by atoms with Crippen LogP contribution in [0.25, 0.3) is 0 Å². The molecule has 2 rings (SSSR count). The van der Waals surface area contributed by atoms with Gasteiger partial charge in [0.05, 0.1) is 5.03 Å². The van der Waals surface area contributed by atoms with Gasteiger partial charge >= 0.3 is 0 Å². The molecule has 0 aliphatic rings. The lowest BCUT2D eigenvalue weighted by Gasteiger charge is -2.10. The smallest absolute Gasteiger partial charge is 0.271 e. The van der Waals surface area contributed by atoms with Crippen LogP contribution in [0.15, 0.2) is 64.3 Å². The Bertz CT molecular complexity index is 841. The van der Waals surface area contributed by atoms with Crippen molar-refractivity contribution < 1.29 is 9.53 Å². The van der Waals surface area contributed by atoms with Crippen molar-refractivity contribution in [3.63, 3.8) is 0 Å². The summed E-state index contributed by atoms with van der Waals surface area (Å²) >= 11 is 6.13. The molecule has 0 aromatic heterocycles. The summed E-state index contributed by atoms with van der Waals surface area (Å²) < 4.78 is 5.80. The molecule has 5 nitrogen and oxygen atoms in total. The molecule has 0 saturated heterocycles. The number of benzene rings is 2. The molecule has 27 heavy (non-hydrogen) atoms. The summed E-state index contributed by atoms with van der Waals surface area (Å²) in [6.07, 6.45) is 0.549. The summed E-state index contributed by atoms with van der Waals surface area (Å²) in [5, 5.41) is 2.99. The van der Waals surface area contributed by atoms with Crippen LogP contribution in [0.2, 0.25) is 0 Å². The topological polar surface area (TPSA) is 76.7 Å². The SMILES string of the molecule is CCC(N)=C(Cl)C(=NC)C(=O)NCc1ccc(Oc2ccc(C)cc2)cc1. The van der Waals surface area contributed by atoms with E-state index in [1.165, 1.54) is 12.6 Å². The average molecular weight is 386 g/mol. The van der Waals surface area contributed by atoms with Gasteiger partial charge in [0.1, 0.15) is 17.2 Å². The number of allylic oxidation sites excluding steroid dienone is 1. The average Bonchev–Trinajstić information content (AvgIpc) is 2.69. The highest BCUT2D eigenvalue weighted by Crippen LogP contribution is 2.22. The largest absolute Gasteiger partial charge is 0.457 e. The second-order valence-electron chi connectivity index (χ2n) is 6.01. The van der Waals surface area contributed by atoms with Gasteiger partial charge in [0, 0.05) is 19.3 Å². The van der Waals surface area contributed by atoms with Gasteiger partial charge in [-0.05, 0) is 43.2 Å². The minimum Gasteiger partial charge on any atom is -0.457 e. The third kappa shape index (κ3) is 5.86. The van der Waals surface area contributed by atoms with E-state index < -0.39 is 0 Å². The number of rotatable bonds is 7. The second kappa shape index (κ2) is 9.78. The molecule has 0 aliphatic carbocycles. The van der Waals surface area contributed by atoms with Gasteiger partial charge in [0.15, 0.2) is 0 Å². The summed E-state index contributed by atoms with van der Waals surface area (Å²) in [7, 11) is 1.51. The Kier molecular flexibility index (Phi) is 7.44. The predicted octanol–water partition coefficient (Wildman–Crippen LogP) is 4.29. The minimum absolute atomic E-state index is 0.135. The van der Waals surface area contributed by atoms with Crippen LogP contribution in [0.1, 0.15) is 24.5 Å². The van der Waals surface area contributed by atoms with Gasteiger partial charge in [0.2, 0.25) is 0 Å². The number of halogens is 1. The fraction of sp³-hybridized carbons (Fsp3) is 0.238. The number of nitrogens with zero attached hydrogens (tertiary/aromatic N) is 1. The number of aryl methyl sites for hydroxylation is 1. The zero-order chi connectivity index (χ0) is 19.8. The zero-order valence-corrected chi connectivity index (χ0v) is 16.5. The molecular weight excluding hydrogens is 362 g/mol. The van der Waals surface area contributed by atoms with Crippen LogP contribution in [0.4, 0.5) is 0 Å². The van der Waals surface area contributed by atoms with Gasteiger partial charge in [-0.3, -0.25) is 9.79 Å². The summed E-state index contributed by atoms with van der Waals surface area (Å²) in [4.78, 5) is 16.3. The molecule has 0 unspecified atom stereocenters. The molecule has 0 spiro atoms. The Morgan fingerprint density at radius 2 is 1.67 bits per heavy atom. The highest BCUT2D eigenvalue weighted by Gasteiger charge is 2.16. The molecule has 0 radical (unpaired) electrons. The minimum atomic E-state index is -0.362. The van der Waals surface area contributed by atoms with E-state index in [1.54, 1.807) is 0 Å². The number of ether oxygens (including phenoxy) is 1. The van der Waals surface area contributed by atoms with Gasteiger partial charge in [-0.15, -0.1) is 0 Å². The molecule has 0 bridgehead atoms. The third-order valence-corrected chi connectivity index (χ3v) is 4.36. The van der Waals surface area contributed by atoms with Crippen molar-refractivity contribution in [1.29, 1.82) is 0 Å². The molecule has 0 aliphatic heterocycles. The molecule has 2 aromatic carbocycles. The number of carbonyl (C=O) groups excluding carboxylic acids is 1. The van der Waals surface area contributed by atoms with Crippen molar-refractivity contribution in [3.05, 3.63) is 70.4 Å². The van der Waals surface area contributed by atoms with E-state index in [-0.39, 0.29) is 16.7 Å². The molecule has 142 valence electrons. The molecule has 0 saturated carbocycles. The third-order valence-electron chi connectivity index (χ3n) is 3.94. The van der Waals surface area contributed by atoms with Crippen molar-refractivity contribution in [3.8, 4) is 11.5 Å². The zero-order valence-electron chi connectivity index (χ0n) is 15.8. The summed E-state index contributed by atoms with van der Waals surface area (Å²) in [6.45, 7) is 4.24. The van der Waals surface area contributed by atoms with E-state index in [2.05, 4.69) is 10.3 Å². The van der Waals surface area contributed by atoms with E-state index in [9.17, 15) is 4.79 Å². The maximum atomic E-state index is 12.3. The van der Waals surface area contributed by atoms with Crippen LogP contribution >= 0.6 is 11.6 Å². The molecule has 3 N–H and O–H groups in total. The van der Waals surface area contributed by atoms with E-state index in [0.29, 0.717) is 18.7 Å². The van der Waals surface area contributed by atoms with E-state index in [0.717, 1.165) is 17.1 Å². The van der Waals surface area contributed by atoms with Crippen molar-refractivity contribution in [2.75, 3.05) is 7.05 Å². The maximum absolute atomic E-state index is 12.3. The van der Waals surface area contributed by atoms with E-state index in [1.807, 2.05) is 62.4 Å². The van der Waals surface area contributed by atoms with Gasteiger partial charge in [-0.1, -0.05) is 48.4 Å². The quantitative estimate of drug-likeness (QED) is 0.698. The molecule has 0 fully saturated rings. The number of nitrogens with one attached hydrogen (secondary N) is 1. The van der Waals surface area contributed by atoms with Crippen molar-refractivity contribution in [2.24, 2.45) is 10.7 Å². The van der Waals surface area contributed by atoms with Crippen molar-refractivity contribution in [2.45, 2.75) is 26.8 Å². The summed E-state index contributed by atoms with van der Waals surface area (Å²) in [6, 6.07) is 15.3. The normalized spacial score (nSPS) is 12.4. The Balaban J connectivity index is 1.96. The predicted molar refractivity (Wildman–Crippen MR) is 110 cm³/mol. The number of amides is 1. The Labute approximate surface area is 164 Å². The van der Waals surface area contributed by atoms with Crippen LogP contribution in [-0.2, 0) is 11.3 Å². The number of nitrogens with two attached hydrogens (primary N) is 1. The molecule has 1 amide bonds. The summed E-state index contributed by atoms with van der Waals surface area (Å²) in [5.41, 5.74) is 8.48. The maximum Gasteiger partial charge on any atom is 0.271 e. The first-order valence-electron chi connectivity index (χ1n) is 8.67. The monoisotopic (exact) mass is 385 g/mol. The Morgan fingerprint density at radius 3 is 2.19 bits per heavy atom. The fourth-order valence-corrected chi connectivity index (χ4v) is 2.59. The second-order valence-corrected chi connectivity index (χ2v) is 6.38. The molecule has 6 heteroatoms. The fourth-order valence-electron chi connectivity index (χ4n) is 2.29. The van der Waals surface area contributed by atoms with Crippen LogP contribution in [0.3, 0.4) is 0 Å². The Morgan fingerprint density at radius 1 is 1.11 bits per heavy atom. The number of hydrogen-bond donors (Lipinski definition) is 2. The van der Waals surface area contributed by atoms with Crippen molar-refractivity contribution >= 4 is 23.2 Å². The highest BCUT2D eigenvalue weighted by molar-refractivity contribution is 6.59. The molecule has 0 atom stereocenters. The summed E-state index contributed by atoms with van der Waals surface area (Å²) in [5.74, 6) is 1.14. The van der Waals surface area contributed by atoms with Gasteiger partial charge in [-0.2, -0.15) is 0 Å². The standard InChI is InChI=1S/C21H24ClN3O2/c1-4-18(23)19(22)20(24-3)21(26)25-13-15-7-11-17(12-8-15)27-16-9-5-14(2)6-10-16/h5-12H,4,13,23H2,1-3H3,(H,25,26). The highest BCUT2D eigenvalue weighted by atomic mass is 35.5. The number of aliphatic imine (C=N–C) groups is 1. The van der Waals surface area contributed by atoms with E-state index >= 15 is 0 Å². The lowest BCUT2D eigenvalue weighted by atomic mass is 10.2. The Hall–Kier alpha value is -2.79. The molecule has 2 aromatic rings. The van der Waals surface area contributed by atoms with E-state index in [4.69, 9.17) is 22.1 Å². The van der Waals surface area contributed by atoms with Gasteiger partial charge < -0.3 is 15.8 Å². The number of carbonyl (C=O) groups is 1. The first-order valence-corrected chi connectivity index (χ1v) is 9.05. The van der Waals surface area contributed by atoms with Crippen LogP contribution in [0, 0.1) is 6.92 Å². The van der Waals surface area contributed by atoms with Crippen LogP contribution in [-0.4, -0.2) is 18.7 Å². The first kappa shape index (κ1) is 20.5. The van der Waals surface area contributed by atoms with Gasteiger partial charge in [-0.25, -0.2) is 0 Å². The first-order chi connectivity index (χ1) is 12.9. The molecular formula is C21H24ClN3O2.